The van der Waals surface area contributed by atoms with Crippen molar-refractivity contribution in [1.29, 1.82) is 5.26 Å². The van der Waals surface area contributed by atoms with E-state index in [1.165, 1.54) is 0 Å². The molecule has 5 rings (SSSR count). The summed E-state index contributed by atoms with van der Waals surface area (Å²) in [6.07, 6.45) is 2.57. The molecule has 5 aromatic rings. The number of fused-ring (bicyclic) bond motifs is 2. The zero-order chi connectivity index (χ0) is 22.4. The number of aromatic amines is 1. The van der Waals surface area contributed by atoms with Gasteiger partial charge in [-0.3, -0.25) is 9.48 Å². The van der Waals surface area contributed by atoms with Crippen molar-refractivity contribution in [3.63, 3.8) is 0 Å². The summed E-state index contributed by atoms with van der Waals surface area (Å²) in [6, 6.07) is 16.3. The molecule has 158 valence electrons. The summed E-state index contributed by atoms with van der Waals surface area (Å²) in [5.41, 5.74) is 4.13. The first kappa shape index (κ1) is 20.2. The maximum absolute atomic E-state index is 12.3. The fraction of sp³-hybridized carbons (Fsp3) is 0.200. The minimum atomic E-state index is -0.196. The van der Waals surface area contributed by atoms with Crippen molar-refractivity contribution in [2.24, 2.45) is 0 Å². The number of aromatic nitrogens is 4. The number of rotatable bonds is 4. The van der Waals surface area contributed by atoms with Crippen LogP contribution in [-0.4, -0.2) is 20.0 Å². The molecule has 7 heteroatoms. The average molecular weight is 440 g/mol. The van der Waals surface area contributed by atoms with Crippen LogP contribution in [0.4, 0.5) is 0 Å². The molecule has 0 radical (unpaired) electrons. The molecule has 6 nitrogen and oxygen atoms in total. The number of nitrogens with zero attached hydrogens (tertiary/aromatic N) is 4. The van der Waals surface area contributed by atoms with Crippen molar-refractivity contribution >= 4 is 32.2 Å². The predicted molar refractivity (Wildman–Crippen MR) is 129 cm³/mol. The Bertz CT molecular complexity index is 1580. The molecule has 0 aliphatic carbocycles. The number of nitrogens with one attached hydrogen (secondary N) is 1. The molecule has 0 aliphatic rings. The summed E-state index contributed by atoms with van der Waals surface area (Å²) >= 11 is 1.61. The van der Waals surface area contributed by atoms with Crippen LogP contribution in [0.25, 0.3) is 42.6 Å². The number of H-pyrrole nitrogens is 1. The lowest BCUT2D eigenvalue weighted by atomic mass is 9.99. The van der Waals surface area contributed by atoms with Gasteiger partial charge in [-0.15, -0.1) is 11.3 Å². The first-order chi connectivity index (χ1) is 15.5. The highest BCUT2D eigenvalue weighted by molar-refractivity contribution is 7.22. The quantitative estimate of drug-likeness (QED) is 0.390. The maximum Gasteiger partial charge on any atom is 0.272 e. The van der Waals surface area contributed by atoms with Gasteiger partial charge in [-0.2, -0.15) is 15.5 Å². The first-order valence-electron chi connectivity index (χ1n) is 10.5. The summed E-state index contributed by atoms with van der Waals surface area (Å²) in [4.78, 5) is 13.2. The van der Waals surface area contributed by atoms with Crippen LogP contribution in [0.2, 0.25) is 0 Å². The van der Waals surface area contributed by atoms with E-state index in [2.05, 4.69) is 35.2 Å². The molecule has 3 heterocycles. The molecule has 32 heavy (non-hydrogen) atoms. The van der Waals surface area contributed by atoms with Gasteiger partial charge < -0.3 is 0 Å². The third-order valence-electron chi connectivity index (χ3n) is 5.72. The number of nitriles is 1. The normalized spacial score (nSPS) is 11.5. The van der Waals surface area contributed by atoms with Crippen molar-refractivity contribution in [2.45, 2.75) is 33.2 Å². The molecule has 0 aliphatic heterocycles. The van der Waals surface area contributed by atoms with Gasteiger partial charge in [0.1, 0.15) is 6.07 Å². The van der Waals surface area contributed by atoms with Crippen molar-refractivity contribution < 1.29 is 0 Å². The number of thiophene rings is 1. The fourth-order valence-corrected chi connectivity index (χ4v) is 5.38. The molecule has 3 aromatic heterocycles. The molecule has 1 N–H and O–H groups in total. The molecule has 0 unspecified atom stereocenters. The Balaban J connectivity index is 1.82. The van der Waals surface area contributed by atoms with Crippen molar-refractivity contribution in [3.8, 4) is 27.8 Å². The smallest absolute Gasteiger partial charge is 0.267 e. The van der Waals surface area contributed by atoms with Gasteiger partial charge in [-0.05, 0) is 44.0 Å². The zero-order valence-corrected chi connectivity index (χ0v) is 18.8. The molecule has 0 saturated carbocycles. The van der Waals surface area contributed by atoms with Gasteiger partial charge in [-0.25, -0.2) is 5.10 Å². The number of aryl methyl sites for hydroxylation is 1. The molecular formula is C25H21N5OS. The summed E-state index contributed by atoms with van der Waals surface area (Å²) in [6.45, 7) is 6.18. The molecule has 0 fully saturated rings. The summed E-state index contributed by atoms with van der Waals surface area (Å²) < 4.78 is 3.05. The highest BCUT2D eigenvalue weighted by Crippen LogP contribution is 2.43. The van der Waals surface area contributed by atoms with Crippen molar-refractivity contribution in [2.75, 3.05) is 0 Å². The number of hydrogen-bond acceptors (Lipinski definition) is 5. The molecule has 0 amide bonds. The number of hydrogen-bond donors (Lipinski definition) is 1. The number of benzene rings is 2. The van der Waals surface area contributed by atoms with E-state index in [0.29, 0.717) is 17.4 Å². The van der Waals surface area contributed by atoms with Crippen molar-refractivity contribution in [3.05, 3.63) is 70.3 Å². The van der Waals surface area contributed by atoms with Gasteiger partial charge in [0.15, 0.2) is 0 Å². The molecule has 0 saturated heterocycles. The second-order valence-electron chi connectivity index (χ2n) is 7.97. The molecule has 0 bridgehead atoms. The molecular weight excluding hydrogens is 418 g/mol. The second-order valence-corrected chi connectivity index (χ2v) is 9.02. The van der Waals surface area contributed by atoms with E-state index in [-0.39, 0.29) is 11.6 Å². The van der Waals surface area contributed by atoms with E-state index in [1.807, 2.05) is 60.3 Å². The lowest BCUT2D eigenvalue weighted by molar-refractivity contribution is 0.539. The Labute approximate surface area is 188 Å². The summed E-state index contributed by atoms with van der Waals surface area (Å²) in [7, 11) is 0. The molecule has 0 atom stereocenters. The van der Waals surface area contributed by atoms with Crippen LogP contribution in [0.15, 0.2) is 53.5 Å². The predicted octanol–water partition coefficient (Wildman–Crippen LogP) is 5.68. The molecule has 2 aromatic carbocycles. The zero-order valence-electron chi connectivity index (χ0n) is 18.0. The largest absolute Gasteiger partial charge is 0.272 e. The lowest BCUT2D eigenvalue weighted by Gasteiger charge is -2.13. The fourth-order valence-electron chi connectivity index (χ4n) is 4.17. The Morgan fingerprint density at radius 3 is 2.72 bits per heavy atom. The van der Waals surface area contributed by atoms with Crippen LogP contribution in [0.3, 0.4) is 0 Å². The van der Waals surface area contributed by atoms with Gasteiger partial charge in [0.25, 0.3) is 5.56 Å². The summed E-state index contributed by atoms with van der Waals surface area (Å²) in [5.74, 6) is 0. The van der Waals surface area contributed by atoms with E-state index in [9.17, 15) is 10.1 Å². The van der Waals surface area contributed by atoms with Crippen molar-refractivity contribution in [1.82, 2.24) is 20.0 Å². The van der Waals surface area contributed by atoms with Gasteiger partial charge in [0, 0.05) is 27.1 Å². The summed E-state index contributed by atoms with van der Waals surface area (Å²) in [5, 5.41) is 23.9. The minimum absolute atomic E-state index is 0.117. The van der Waals surface area contributed by atoms with Gasteiger partial charge in [0.2, 0.25) is 0 Å². The first-order valence-corrected chi connectivity index (χ1v) is 11.4. The third kappa shape index (κ3) is 3.03. The van der Waals surface area contributed by atoms with Crippen LogP contribution in [0.1, 0.15) is 38.1 Å². The van der Waals surface area contributed by atoms with Crippen LogP contribution in [0, 0.1) is 11.3 Å². The van der Waals surface area contributed by atoms with Crippen LogP contribution in [-0.2, 0) is 6.42 Å². The highest BCUT2D eigenvalue weighted by Gasteiger charge is 2.23. The maximum atomic E-state index is 12.3. The average Bonchev–Trinajstić information content (AvgIpc) is 3.40. The van der Waals surface area contributed by atoms with E-state index in [0.717, 1.165) is 42.9 Å². The Hall–Kier alpha value is -3.76. The van der Waals surface area contributed by atoms with Gasteiger partial charge >= 0.3 is 0 Å². The Kier molecular flexibility index (Phi) is 4.87. The third-order valence-corrected chi connectivity index (χ3v) is 6.90. The Morgan fingerprint density at radius 1 is 1.16 bits per heavy atom. The standard InChI is InChI=1S/C25H21N5OS/c1-4-21-18-11-15(9-10-17(18)25(31)29-28-21)20-13-27-30(14(2)3)23(20)24-19(12-26)16-7-5-6-8-22(16)32-24/h5-11,13-14H,4H2,1-3H3,(H,29,31). The van der Waals surface area contributed by atoms with E-state index < -0.39 is 0 Å². The van der Waals surface area contributed by atoms with Gasteiger partial charge in [-0.1, -0.05) is 31.2 Å². The lowest BCUT2D eigenvalue weighted by Crippen LogP contribution is -2.10. The van der Waals surface area contributed by atoms with Gasteiger partial charge in [0.05, 0.1) is 33.4 Å². The van der Waals surface area contributed by atoms with Crippen LogP contribution >= 0.6 is 11.3 Å². The van der Waals surface area contributed by atoms with E-state index >= 15 is 0 Å². The van der Waals surface area contributed by atoms with E-state index in [4.69, 9.17) is 0 Å². The monoisotopic (exact) mass is 439 g/mol. The van der Waals surface area contributed by atoms with Crippen LogP contribution in [0.5, 0.6) is 0 Å². The SMILES string of the molecule is CCc1n[nH]c(=O)c2ccc(-c3cnn(C(C)C)c3-c3sc4ccccc4c3C#N)cc12. The molecule has 0 spiro atoms. The minimum Gasteiger partial charge on any atom is -0.267 e. The van der Waals surface area contributed by atoms with Crippen LogP contribution < -0.4 is 5.56 Å². The topological polar surface area (TPSA) is 87.4 Å². The highest BCUT2D eigenvalue weighted by atomic mass is 32.1. The second kappa shape index (κ2) is 7.74. The van der Waals surface area contributed by atoms with E-state index in [1.54, 1.807) is 11.3 Å². The Morgan fingerprint density at radius 2 is 1.97 bits per heavy atom.